The third-order valence-corrected chi connectivity index (χ3v) is 6.22. The van der Waals surface area contributed by atoms with Gasteiger partial charge in [-0.25, -0.2) is 8.42 Å². The molecular weight excluding hydrogens is 294 g/mol. The molecule has 0 aromatic heterocycles. The molecule has 5 heteroatoms. The fourth-order valence-electron chi connectivity index (χ4n) is 2.85. The Morgan fingerprint density at radius 3 is 2.75 bits per heavy atom. The maximum atomic E-state index is 11.5. The number of halogens is 1. The van der Waals surface area contributed by atoms with Crippen LogP contribution in [0, 0.1) is 12.8 Å². The van der Waals surface area contributed by atoms with E-state index < -0.39 is 9.84 Å². The molecule has 0 spiro atoms. The van der Waals surface area contributed by atoms with E-state index in [0.29, 0.717) is 11.5 Å². The van der Waals surface area contributed by atoms with E-state index in [1.807, 2.05) is 20.0 Å². The molecule has 1 aliphatic rings. The molecule has 1 N–H and O–H groups in total. The Bertz CT molecular complexity index is 571. The van der Waals surface area contributed by atoms with Gasteiger partial charge in [0, 0.05) is 11.1 Å². The highest BCUT2D eigenvalue weighted by atomic mass is 35.5. The maximum Gasteiger partial charge on any atom is 0.150 e. The zero-order valence-electron chi connectivity index (χ0n) is 12.0. The second kappa shape index (κ2) is 6.46. The number of sulfone groups is 1. The fourth-order valence-corrected chi connectivity index (χ4v) is 5.04. The summed E-state index contributed by atoms with van der Waals surface area (Å²) in [5.41, 5.74) is 2.28. The van der Waals surface area contributed by atoms with Gasteiger partial charge in [-0.15, -0.1) is 0 Å². The van der Waals surface area contributed by atoms with Crippen molar-refractivity contribution in [2.75, 3.05) is 18.6 Å². The van der Waals surface area contributed by atoms with Crippen molar-refractivity contribution in [2.45, 2.75) is 32.2 Å². The Morgan fingerprint density at radius 2 is 2.20 bits per heavy atom. The molecule has 3 nitrogen and oxygen atoms in total. The predicted molar refractivity (Wildman–Crippen MR) is 84.1 cm³/mol. The van der Waals surface area contributed by atoms with Crippen molar-refractivity contribution >= 4 is 21.4 Å². The minimum atomic E-state index is -2.79. The molecule has 1 fully saturated rings. The van der Waals surface area contributed by atoms with Gasteiger partial charge < -0.3 is 5.32 Å². The lowest BCUT2D eigenvalue weighted by Gasteiger charge is -2.20. The Labute approximate surface area is 126 Å². The van der Waals surface area contributed by atoms with Crippen LogP contribution in [0.3, 0.4) is 0 Å². The maximum absolute atomic E-state index is 11.5. The van der Waals surface area contributed by atoms with Crippen LogP contribution < -0.4 is 5.32 Å². The molecule has 2 rings (SSSR count). The summed E-state index contributed by atoms with van der Waals surface area (Å²) in [5.74, 6) is 0.966. The summed E-state index contributed by atoms with van der Waals surface area (Å²) in [6.07, 6.45) is 2.52. The van der Waals surface area contributed by atoms with E-state index in [9.17, 15) is 8.42 Å². The Hall–Kier alpha value is -0.580. The van der Waals surface area contributed by atoms with Gasteiger partial charge in [0.05, 0.1) is 11.5 Å². The third-order valence-electron chi connectivity index (χ3n) is 4.03. The largest absolute Gasteiger partial charge is 0.317 e. The van der Waals surface area contributed by atoms with E-state index in [1.54, 1.807) is 0 Å². The summed E-state index contributed by atoms with van der Waals surface area (Å²) >= 11 is 6.27. The summed E-state index contributed by atoms with van der Waals surface area (Å²) in [5, 5.41) is 4.09. The molecule has 1 heterocycles. The Morgan fingerprint density at radius 1 is 1.45 bits per heavy atom. The molecule has 112 valence electrons. The van der Waals surface area contributed by atoms with Crippen molar-refractivity contribution in [3.05, 3.63) is 34.3 Å². The van der Waals surface area contributed by atoms with Crippen LogP contribution >= 0.6 is 11.6 Å². The Kier molecular flexibility index (Phi) is 5.10. The summed E-state index contributed by atoms with van der Waals surface area (Å²) in [7, 11) is -0.863. The predicted octanol–water partition coefficient (Wildman–Crippen LogP) is 2.60. The van der Waals surface area contributed by atoms with Crippen LogP contribution in [0.15, 0.2) is 18.2 Å². The first-order valence-electron chi connectivity index (χ1n) is 7.02. The number of likely N-dealkylation sites (N-methyl/N-ethyl adjacent to an activating group) is 1. The lowest BCUT2D eigenvalue weighted by Crippen LogP contribution is -2.30. The second-order valence-electron chi connectivity index (χ2n) is 5.79. The van der Waals surface area contributed by atoms with Gasteiger partial charge in [0.25, 0.3) is 0 Å². The summed E-state index contributed by atoms with van der Waals surface area (Å²) in [4.78, 5) is 0. The van der Waals surface area contributed by atoms with Crippen molar-refractivity contribution in [3.63, 3.8) is 0 Å². The highest BCUT2D eigenvalue weighted by Crippen LogP contribution is 2.25. The molecule has 0 radical (unpaired) electrons. The zero-order chi connectivity index (χ0) is 14.8. The molecule has 20 heavy (non-hydrogen) atoms. The van der Waals surface area contributed by atoms with Crippen molar-refractivity contribution in [1.82, 2.24) is 5.32 Å². The van der Waals surface area contributed by atoms with Crippen LogP contribution in [0.2, 0.25) is 5.02 Å². The zero-order valence-corrected chi connectivity index (χ0v) is 13.6. The molecule has 2 atom stereocenters. The lowest BCUT2D eigenvalue weighted by molar-refractivity contribution is 0.424. The first-order valence-corrected chi connectivity index (χ1v) is 9.22. The molecule has 0 amide bonds. The molecule has 0 aliphatic carbocycles. The summed E-state index contributed by atoms with van der Waals surface area (Å²) in [6.45, 7) is 2.02. The van der Waals surface area contributed by atoms with E-state index in [0.717, 1.165) is 35.4 Å². The van der Waals surface area contributed by atoms with Crippen LogP contribution in [0.4, 0.5) is 0 Å². The van der Waals surface area contributed by atoms with Crippen molar-refractivity contribution in [1.29, 1.82) is 0 Å². The van der Waals surface area contributed by atoms with E-state index in [4.69, 9.17) is 11.6 Å². The van der Waals surface area contributed by atoms with Gasteiger partial charge >= 0.3 is 0 Å². The average Bonchev–Trinajstić information content (AvgIpc) is 2.71. The van der Waals surface area contributed by atoms with Gasteiger partial charge in [0.1, 0.15) is 0 Å². The summed E-state index contributed by atoms with van der Waals surface area (Å²) < 4.78 is 23.0. The number of aryl methyl sites for hydroxylation is 1. The summed E-state index contributed by atoms with van der Waals surface area (Å²) in [6, 6.07) is 6.37. The van der Waals surface area contributed by atoms with Crippen molar-refractivity contribution < 1.29 is 8.42 Å². The Balaban J connectivity index is 1.99. The van der Waals surface area contributed by atoms with Gasteiger partial charge in [0.2, 0.25) is 0 Å². The smallest absolute Gasteiger partial charge is 0.150 e. The average molecular weight is 316 g/mol. The molecule has 1 saturated heterocycles. The monoisotopic (exact) mass is 315 g/mol. The SMILES string of the molecule is CNC(Cc1ccc(C)cc1Cl)CC1CCS(=O)(=O)C1. The van der Waals surface area contributed by atoms with Crippen molar-refractivity contribution in [2.24, 2.45) is 5.92 Å². The van der Waals surface area contributed by atoms with Crippen LogP contribution in [0.1, 0.15) is 24.0 Å². The van der Waals surface area contributed by atoms with E-state index in [1.165, 1.54) is 0 Å². The highest BCUT2D eigenvalue weighted by molar-refractivity contribution is 7.91. The standard InChI is InChI=1S/C15H22ClNO2S/c1-11-3-4-13(15(16)7-11)9-14(17-2)8-12-5-6-20(18,19)10-12/h3-4,7,12,14,17H,5-6,8-10H2,1-2H3. The molecule has 2 unspecified atom stereocenters. The fraction of sp³-hybridized carbons (Fsp3) is 0.600. The van der Waals surface area contributed by atoms with Crippen molar-refractivity contribution in [3.8, 4) is 0 Å². The first-order chi connectivity index (χ1) is 9.39. The molecular formula is C15H22ClNO2S. The van der Waals surface area contributed by atoms with E-state index in [2.05, 4.69) is 17.4 Å². The van der Waals surface area contributed by atoms with Gasteiger partial charge in [0.15, 0.2) is 9.84 Å². The number of rotatable bonds is 5. The first kappa shape index (κ1) is 15.8. The van der Waals surface area contributed by atoms with Gasteiger partial charge in [-0.2, -0.15) is 0 Å². The molecule has 1 aromatic rings. The quantitative estimate of drug-likeness (QED) is 0.908. The van der Waals surface area contributed by atoms with Gasteiger partial charge in [-0.3, -0.25) is 0 Å². The highest BCUT2D eigenvalue weighted by Gasteiger charge is 2.29. The molecule has 0 bridgehead atoms. The normalized spacial score (nSPS) is 22.9. The van der Waals surface area contributed by atoms with E-state index >= 15 is 0 Å². The lowest BCUT2D eigenvalue weighted by atomic mass is 9.94. The van der Waals surface area contributed by atoms with Crippen LogP contribution in [-0.2, 0) is 16.3 Å². The molecule has 1 aliphatic heterocycles. The van der Waals surface area contributed by atoms with Gasteiger partial charge in [-0.05, 0) is 56.3 Å². The number of nitrogens with one attached hydrogen (secondary N) is 1. The van der Waals surface area contributed by atoms with E-state index in [-0.39, 0.29) is 12.0 Å². The molecule has 0 saturated carbocycles. The molecule has 1 aromatic carbocycles. The third kappa shape index (κ3) is 4.21. The van der Waals surface area contributed by atoms with Gasteiger partial charge in [-0.1, -0.05) is 23.7 Å². The minimum absolute atomic E-state index is 0.272. The van der Waals surface area contributed by atoms with Crippen LogP contribution in [0.25, 0.3) is 0 Å². The van der Waals surface area contributed by atoms with Crippen LogP contribution in [0.5, 0.6) is 0 Å². The minimum Gasteiger partial charge on any atom is -0.317 e. The van der Waals surface area contributed by atoms with Crippen LogP contribution in [-0.4, -0.2) is 33.0 Å². The number of hydrogen-bond acceptors (Lipinski definition) is 3. The number of hydrogen-bond donors (Lipinski definition) is 1. The second-order valence-corrected chi connectivity index (χ2v) is 8.43. The topological polar surface area (TPSA) is 46.2 Å². The number of benzene rings is 1.